The Labute approximate surface area is 85.5 Å². The number of halogens is 1. The lowest BCUT2D eigenvalue weighted by molar-refractivity contribution is 0.214. The van der Waals surface area contributed by atoms with Crippen LogP contribution in [-0.2, 0) is 0 Å². The van der Waals surface area contributed by atoms with Gasteiger partial charge >= 0.3 is 0 Å². The van der Waals surface area contributed by atoms with Crippen LogP contribution in [0.2, 0.25) is 0 Å². The number of rotatable bonds is 2. The summed E-state index contributed by atoms with van der Waals surface area (Å²) in [6.07, 6.45) is 4.34. The zero-order valence-electron chi connectivity index (χ0n) is 7.71. The van der Waals surface area contributed by atoms with Crippen molar-refractivity contribution in [3.8, 4) is 0 Å². The first-order chi connectivity index (χ1) is 7.27. The molecule has 1 N–H and O–H groups in total. The van der Waals surface area contributed by atoms with Gasteiger partial charge < -0.3 is 5.11 Å². The molecular weight excluding hydrogens is 197 g/mol. The van der Waals surface area contributed by atoms with Crippen molar-refractivity contribution in [2.45, 2.75) is 6.10 Å². The molecule has 0 aromatic carbocycles. The Morgan fingerprint density at radius 2 is 2.13 bits per heavy atom. The number of aliphatic hydroxyl groups is 1. The first kappa shape index (κ1) is 9.67. The molecule has 76 valence electrons. The molecule has 0 saturated carbocycles. The van der Waals surface area contributed by atoms with E-state index in [9.17, 15) is 9.50 Å². The van der Waals surface area contributed by atoms with Gasteiger partial charge in [-0.3, -0.25) is 4.98 Å². The SMILES string of the molecule is OC(c1cncc(F)c1)c1ccncn1. The second-order valence-corrected chi connectivity index (χ2v) is 2.97. The van der Waals surface area contributed by atoms with Crippen LogP contribution in [0.5, 0.6) is 0 Å². The summed E-state index contributed by atoms with van der Waals surface area (Å²) in [4.78, 5) is 11.3. The molecule has 15 heavy (non-hydrogen) atoms. The summed E-state index contributed by atoms with van der Waals surface area (Å²) in [5, 5.41) is 9.82. The summed E-state index contributed by atoms with van der Waals surface area (Å²) in [6, 6.07) is 2.79. The summed E-state index contributed by atoms with van der Waals surface area (Å²) < 4.78 is 12.8. The highest BCUT2D eigenvalue weighted by molar-refractivity contribution is 5.21. The van der Waals surface area contributed by atoms with E-state index in [1.54, 1.807) is 6.07 Å². The normalized spacial score (nSPS) is 12.4. The first-order valence-electron chi connectivity index (χ1n) is 4.32. The van der Waals surface area contributed by atoms with Crippen molar-refractivity contribution in [3.63, 3.8) is 0 Å². The molecule has 1 atom stereocenters. The van der Waals surface area contributed by atoms with E-state index < -0.39 is 11.9 Å². The molecule has 4 nitrogen and oxygen atoms in total. The minimum Gasteiger partial charge on any atom is -0.382 e. The van der Waals surface area contributed by atoms with Gasteiger partial charge in [0.2, 0.25) is 0 Å². The molecule has 0 radical (unpaired) electrons. The molecule has 0 bridgehead atoms. The Morgan fingerprint density at radius 3 is 2.80 bits per heavy atom. The molecule has 0 aliphatic heterocycles. The van der Waals surface area contributed by atoms with Gasteiger partial charge in [-0.15, -0.1) is 0 Å². The predicted molar refractivity (Wildman–Crippen MR) is 50.3 cm³/mol. The lowest BCUT2D eigenvalue weighted by Crippen LogP contribution is -2.03. The third kappa shape index (κ3) is 2.13. The van der Waals surface area contributed by atoms with Gasteiger partial charge in [-0.05, 0) is 12.1 Å². The molecule has 2 heterocycles. The molecule has 0 fully saturated rings. The van der Waals surface area contributed by atoms with Crippen molar-refractivity contribution >= 4 is 0 Å². The van der Waals surface area contributed by atoms with Crippen LogP contribution in [-0.4, -0.2) is 20.1 Å². The fourth-order valence-corrected chi connectivity index (χ4v) is 1.21. The maximum atomic E-state index is 12.8. The summed E-state index contributed by atoms with van der Waals surface area (Å²) in [5.74, 6) is -0.486. The van der Waals surface area contributed by atoms with Crippen molar-refractivity contribution in [1.29, 1.82) is 0 Å². The highest BCUT2D eigenvalue weighted by Gasteiger charge is 2.12. The van der Waals surface area contributed by atoms with Gasteiger partial charge in [-0.25, -0.2) is 14.4 Å². The van der Waals surface area contributed by atoms with E-state index >= 15 is 0 Å². The van der Waals surface area contributed by atoms with Crippen LogP contribution >= 0.6 is 0 Å². The Kier molecular flexibility index (Phi) is 2.64. The van der Waals surface area contributed by atoms with Crippen molar-refractivity contribution < 1.29 is 9.50 Å². The maximum absolute atomic E-state index is 12.8. The van der Waals surface area contributed by atoms with E-state index in [0.717, 1.165) is 6.20 Å². The number of hydrogen-bond acceptors (Lipinski definition) is 4. The Balaban J connectivity index is 2.32. The van der Waals surface area contributed by atoms with E-state index in [4.69, 9.17) is 0 Å². The maximum Gasteiger partial charge on any atom is 0.141 e. The van der Waals surface area contributed by atoms with Gasteiger partial charge in [-0.2, -0.15) is 0 Å². The zero-order valence-corrected chi connectivity index (χ0v) is 7.71. The Morgan fingerprint density at radius 1 is 1.27 bits per heavy atom. The smallest absolute Gasteiger partial charge is 0.141 e. The third-order valence-corrected chi connectivity index (χ3v) is 1.93. The highest BCUT2D eigenvalue weighted by atomic mass is 19.1. The molecule has 2 aromatic heterocycles. The van der Waals surface area contributed by atoms with Crippen LogP contribution in [0.3, 0.4) is 0 Å². The van der Waals surface area contributed by atoms with Crippen molar-refractivity contribution in [2.75, 3.05) is 0 Å². The van der Waals surface area contributed by atoms with E-state index in [0.29, 0.717) is 11.3 Å². The fraction of sp³-hybridized carbons (Fsp3) is 0.100. The summed E-state index contributed by atoms with van der Waals surface area (Å²) in [6.45, 7) is 0. The molecule has 0 saturated heterocycles. The van der Waals surface area contributed by atoms with E-state index in [1.165, 1.54) is 24.8 Å². The molecule has 0 amide bonds. The van der Waals surface area contributed by atoms with E-state index in [1.807, 2.05) is 0 Å². The number of hydrogen-bond donors (Lipinski definition) is 1. The minimum absolute atomic E-state index is 0.369. The first-order valence-corrected chi connectivity index (χ1v) is 4.32. The van der Waals surface area contributed by atoms with Gasteiger partial charge in [0.1, 0.15) is 18.2 Å². The quantitative estimate of drug-likeness (QED) is 0.797. The average Bonchev–Trinajstić information content (AvgIpc) is 2.29. The van der Waals surface area contributed by atoms with Gasteiger partial charge in [0, 0.05) is 18.0 Å². The average molecular weight is 205 g/mol. The van der Waals surface area contributed by atoms with Gasteiger partial charge in [0.15, 0.2) is 0 Å². The number of nitrogens with zero attached hydrogens (tertiary/aromatic N) is 3. The molecule has 0 aliphatic rings. The summed E-state index contributed by atoms with van der Waals surface area (Å²) in [5.41, 5.74) is 0.783. The minimum atomic E-state index is -0.976. The van der Waals surface area contributed by atoms with Crippen LogP contribution in [0, 0.1) is 5.82 Å². The molecule has 0 spiro atoms. The Bertz CT molecular complexity index is 449. The van der Waals surface area contributed by atoms with Crippen LogP contribution in [0.15, 0.2) is 37.1 Å². The highest BCUT2D eigenvalue weighted by Crippen LogP contribution is 2.18. The van der Waals surface area contributed by atoms with Crippen molar-refractivity contribution in [3.05, 3.63) is 54.1 Å². The predicted octanol–water partition coefficient (Wildman–Crippen LogP) is 1.09. The van der Waals surface area contributed by atoms with Crippen molar-refractivity contribution in [2.24, 2.45) is 0 Å². The van der Waals surface area contributed by atoms with Crippen LogP contribution < -0.4 is 0 Å². The molecule has 5 heteroatoms. The van der Waals surface area contributed by atoms with Crippen LogP contribution in [0.4, 0.5) is 4.39 Å². The third-order valence-electron chi connectivity index (χ3n) is 1.93. The van der Waals surface area contributed by atoms with Gasteiger partial charge in [-0.1, -0.05) is 0 Å². The molecule has 0 aliphatic carbocycles. The zero-order chi connectivity index (χ0) is 10.7. The van der Waals surface area contributed by atoms with Crippen molar-refractivity contribution in [1.82, 2.24) is 15.0 Å². The number of aliphatic hydroxyl groups excluding tert-OH is 1. The molecule has 2 aromatic rings. The monoisotopic (exact) mass is 205 g/mol. The largest absolute Gasteiger partial charge is 0.382 e. The molecular formula is C10H8FN3O. The second kappa shape index (κ2) is 4.10. The van der Waals surface area contributed by atoms with E-state index in [-0.39, 0.29) is 0 Å². The van der Waals surface area contributed by atoms with Crippen LogP contribution in [0.25, 0.3) is 0 Å². The lowest BCUT2D eigenvalue weighted by atomic mass is 10.1. The number of aromatic nitrogens is 3. The summed E-state index contributed by atoms with van der Waals surface area (Å²) >= 11 is 0. The standard InChI is InChI=1S/C10H8FN3O/c11-8-3-7(4-13-5-8)10(15)9-1-2-12-6-14-9/h1-6,10,15H. The van der Waals surface area contributed by atoms with Crippen LogP contribution in [0.1, 0.15) is 17.4 Å². The van der Waals surface area contributed by atoms with Gasteiger partial charge in [0.25, 0.3) is 0 Å². The molecule has 1 unspecified atom stereocenters. The lowest BCUT2D eigenvalue weighted by Gasteiger charge is -2.08. The van der Waals surface area contributed by atoms with Gasteiger partial charge in [0.05, 0.1) is 11.9 Å². The fourth-order valence-electron chi connectivity index (χ4n) is 1.21. The summed E-state index contributed by atoms with van der Waals surface area (Å²) in [7, 11) is 0. The second-order valence-electron chi connectivity index (χ2n) is 2.97. The number of pyridine rings is 1. The molecule has 2 rings (SSSR count). The van der Waals surface area contributed by atoms with E-state index in [2.05, 4.69) is 15.0 Å². The Hall–Kier alpha value is -1.88. The topological polar surface area (TPSA) is 58.9 Å².